The lowest BCUT2D eigenvalue weighted by molar-refractivity contribution is -0.116. The maximum Gasteiger partial charge on any atom is 0.226 e. The minimum Gasteiger partial charge on any atom is -0.376 e. The standard InChI is InChI=1S/C21H20N4O/c1-2-17-11-20(26)24-19-10-6-9-18(21(19)23-17)16-12-22-25(14-16)13-15-7-4-3-5-8-15/h2-10,12,14,17,23H,1,11,13H2,(H,24,26)/t17-/m1/s1. The normalized spacial score (nSPS) is 16.2. The molecule has 130 valence electrons. The predicted molar refractivity (Wildman–Crippen MR) is 104 cm³/mol. The molecule has 5 nitrogen and oxygen atoms in total. The molecule has 3 aromatic rings. The number of amides is 1. The van der Waals surface area contributed by atoms with Crippen molar-refractivity contribution in [2.75, 3.05) is 10.6 Å². The van der Waals surface area contributed by atoms with Gasteiger partial charge in [-0.15, -0.1) is 6.58 Å². The summed E-state index contributed by atoms with van der Waals surface area (Å²) >= 11 is 0. The Labute approximate surface area is 152 Å². The number of hydrogen-bond donors (Lipinski definition) is 2. The molecule has 0 saturated heterocycles. The molecule has 4 rings (SSSR count). The summed E-state index contributed by atoms with van der Waals surface area (Å²) in [4.78, 5) is 12.1. The van der Waals surface area contributed by atoms with Crippen LogP contribution in [0.2, 0.25) is 0 Å². The van der Waals surface area contributed by atoms with Crippen LogP contribution in [0.4, 0.5) is 11.4 Å². The van der Waals surface area contributed by atoms with Gasteiger partial charge in [-0.1, -0.05) is 48.5 Å². The topological polar surface area (TPSA) is 59.0 Å². The zero-order chi connectivity index (χ0) is 17.9. The Morgan fingerprint density at radius 2 is 2.04 bits per heavy atom. The number of para-hydroxylation sites is 1. The highest BCUT2D eigenvalue weighted by atomic mass is 16.1. The highest BCUT2D eigenvalue weighted by Gasteiger charge is 2.21. The van der Waals surface area contributed by atoms with Crippen molar-refractivity contribution in [2.45, 2.75) is 19.0 Å². The van der Waals surface area contributed by atoms with Gasteiger partial charge in [-0.25, -0.2) is 0 Å². The summed E-state index contributed by atoms with van der Waals surface area (Å²) in [5, 5.41) is 10.9. The molecule has 1 aliphatic heterocycles. The van der Waals surface area contributed by atoms with Crippen molar-refractivity contribution < 1.29 is 4.79 Å². The molecule has 2 aromatic carbocycles. The van der Waals surface area contributed by atoms with Crippen LogP contribution in [-0.4, -0.2) is 21.7 Å². The van der Waals surface area contributed by atoms with Crippen LogP contribution in [0.25, 0.3) is 11.1 Å². The monoisotopic (exact) mass is 344 g/mol. The van der Waals surface area contributed by atoms with Crippen LogP contribution >= 0.6 is 0 Å². The van der Waals surface area contributed by atoms with E-state index < -0.39 is 0 Å². The molecule has 2 N–H and O–H groups in total. The van der Waals surface area contributed by atoms with Gasteiger partial charge in [0.2, 0.25) is 5.91 Å². The number of carbonyl (C=O) groups excluding carboxylic acids is 1. The lowest BCUT2D eigenvalue weighted by Gasteiger charge is -2.16. The summed E-state index contributed by atoms with van der Waals surface area (Å²) in [5.74, 6) is -0.0157. The molecule has 1 amide bonds. The average Bonchev–Trinajstić information content (AvgIpc) is 3.03. The molecule has 5 heteroatoms. The molecular weight excluding hydrogens is 324 g/mol. The van der Waals surface area contributed by atoms with Crippen molar-refractivity contribution in [1.29, 1.82) is 0 Å². The Bertz CT molecular complexity index is 946. The van der Waals surface area contributed by atoms with Gasteiger partial charge in [-0.2, -0.15) is 5.10 Å². The number of rotatable bonds is 4. The highest BCUT2D eigenvalue weighted by Crippen LogP contribution is 2.36. The third-order valence-electron chi connectivity index (χ3n) is 4.49. The number of nitrogens with one attached hydrogen (secondary N) is 2. The van der Waals surface area contributed by atoms with Crippen LogP contribution in [0, 0.1) is 0 Å². The van der Waals surface area contributed by atoms with Crippen LogP contribution in [-0.2, 0) is 11.3 Å². The Morgan fingerprint density at radius 3 is 2.85 bits per heavy atom. The summed E-state index contributed by atoms with van der Waals surface area (Å²) in [6.45, 7) is 4.55. The molecule has 0 aliphatic carbocycles. The minimum absolute atomic E-state index is 0.0157. The number of nitrogens with zero attached hydrogens (tertiary/aromatic N) is 2. The van der Waals surface area contributed by atoms with Crippen LogP contribution in [0.3, 0.4) is 0 Å². The molecule has 0 radical (unpaired) electrons. The summed E-state index contributed by atoms with van der Waals surface area (Å²) in [6, 6.07) is 16.0. The molecule has 0 unspecified atom stereocenters. The molecule has 0 saturated carbocycles. The molecular formula is C21H20N4O. The van der Waals surface area contributed by atoms with Crippen molar-refractivity contribution in [1.82, 2.24) is 9.78 Å². The van der Waals surface area contributed by atoms with Crippen LogP contribution in [0.15, 0.2) is 73.6 Å². The Balaban J connectivity index is 1.68. The van der Waals surface area contributed by atoms with Gasteiger partial charge in [0, 0.05) is 17.3 Å². The van der Waals surface area contributed by atoms with Gasteiger partial charge in [0.05, 0.1) is 36.6 Å². The summed E-state index contributed by atoms with van der Waals surface area (Å²) < 4.78 is 1.92. The lowest BCUT2D eigenvalue weighted by Crippen LogP contribution is -2.20. The summed E-state index contributed by atoms with van der Waals surface area (Å²) in [6.07, 6.45) is 6.02. The van der Waals surface area contributed by atoms with E-state index in [0.29, 0.717) is 6.42 Å². The molecule has 2 heterocycles. The van der Waals surface area contributed by atoms with Crippen LogP contribution in [0.5, 0.6) is 0 Å². The zero-order valence-corrected chi connectivity index (χ0v) is 14.4. The Hall–Kier alpha value is -3.34. The van der Waals surface area contributed by atoms with E-state index >= 15 is 0 Å². The molecule has 1 aliphatic rings. The van der Waals surface area contributed by atoms with E-state index in [2.05, 4.69) is 34.4 Å². The highest BCUT2D eigenvalue weighted by molar-refractivity contribution is 6.00. The Kier molecular flexibility index (Phi) is 4.27. The van der Waals surface area contributed by atoms with Gasteiger partial charge in [0.25, 0.3) is 0 Å². The first-order valence-corrected chi connectivity index (χ1v) is 8.61. The minimum atomic E-state index is -0.100. The molecule has 0 fully saturated rings. The molecule has 26 heavy (non-hydrogen) atoms. The second-order valence-corrected chi connectivity index (χ2v) is 6.38. The first-order valence-electron chi connectivity index (χ1n) is 8.61. The van der Waals surface area contributed by atoms with Crippen molar-refractivity contribution >= 4 is 17.3 Å². The van der Waals surface area contributed by atoms with E-state index in [1.54, 1.807) is 6.08 Å². The molecule has 0 bridgehead atoms. The second kappa shape index (κ2) is 6.88. The predicted octanol–water partition coefficient (Wildman–Crippen LogP) is 3.91. The van der Waals surface area contributed by atoms with E-state index in [1.165, 1.54) is 5.56 Å². The van der Waals surface area contributed by atoms with Crippen molar-refractivity contribution in [3.8, 4) is 11.1 Å². The number of fused-ring (bicyclic) bond motifs is 1. The van der Waals surface area contributed by atoms with E-state index in [-0.39, 0.29) is 11.9 Å². The van der Waals surface area contributed by atoms with E-state index in [9.17, 15) is 4.79 Å². The average molecular weight is 344 g/mol. The summed E-state index contributed by atoms with van der Waals surface area (Å²) in [7, 11) is 0. The maximum absolute atomic E-state index is 12.1. The largest absolute Gasteiger partial charge is 0.376 e. The zero-order valence-electron chi connectivity index (χ0n) is 14.4. The first kappa shape index (κ1) is 16.1. The van der Waals surface area contributed by atoms with Crippen LogP contribution in [0.1, 0.15) is 12.0 Å². The van der Waals surface area contributed by atoms with Crippen molar-refractivity contribution in [3.63, 3.8) is 0 Å². The summed E-state index contributed by atoms with van der Waals surface area (Å²) in [5.41, 5.74) is 4.90. The first-order chi connectivity index (χ1) is 12.7. The number of hydrogen-bond acceptors (Lipinski definition) is 3. The number of carbonyl (C=O) groups is 1. The fraction of sp³-hybridized carbons (Fsp3) is 0.143. The quantitative estimate of drug-likeness (QED) is 0.706. The fourth-order valence-corrected chi connectivity index (χ4v) is 3.19. The second-order valence-electron chi connectivity index (χ2n) is 6.38. The Morgan fingerprint density at radius 1 is 1.19 bits per heavy atom. The molecule has 1 atom stereocenters. The maximum atomic E-state index is 12.1. The van der Waals surface area contributed by atoms with E-state index in [1.807, 2.05) is 53.5 Å². The number of anilines is 2. The van der Waals surface area contributed by atoms with Crippen molar-refractivity contribution in [2.24, 2.45) is 0 Å². The van der Waals surface area contributed by atoms with Gasteiger partial charge in [0.1, 0.15) is 0 Å². The van der Waals surface area contributed by atoms with Gasteiger partial charge in [-0.3, -0.25) is 9.48 Å². The van der Waals surface area contributed by atoms with E-state index in [0.717, 1.165) is 29.0 Å². The smallest absolute Gasteiger partial charge is 0.226 e. The third kappa shape index (κ3) is 3.24. The molecule has 0 spiro atoms. The van der Waals surface area contributed by atoms with Crippen LogP contribution < -0.4 is 10.6 Å². The third-order valence-corrected chi connectivity index (χ3v) is 4.49. The number of benzene rings is 2. The van der Waals surface area contributed by atoms with Gasteiger partial charge < -0.3 is 10.6 Å². The van der Waals surface area contributed by atoms with Gasteiger partial charge in [-0.05, 0) is 11.6 Å². The fourth-order valence-electron chi connectivity index (χ4n) is 3.19. The van der Waals surface area contributed by atoms with Gasteiger partial charge >= 0.3 is 0 Å². The lowest BCUT2D eigenvalue weighted by atomic mass is 10.1. The SMILES string of the molecule is C=C[C@@H]1CC(=O)Nc2cccc(-c3cnn(Cc4ccccc4)c3)c2N1. The van der Waals surface area contributed by atoms with E-state index in [4.69, 9.17) is 0 Å². The van der Waals surface area contributed by atoms with Gasteiger partial charge in [0.15, 0.2) is 0 Å². The number of aromatic nitrogens is 2. The van der Waals surface area contributed by atoms with Crippen molar-refractivity contribution in [3.05, 3.63) is 79.1 Å². The molecule has 1 aromatic heterocycles.